The molecular weight excluding hydrogens is 252 g/mol. The molecule has 0 aliphatic rings. The molecule has 1 aromatic rings. The van der Waals surface area contributed by atoms with Crippen molar-refractivity contribution in [2.75, 3.05) is 20.3 Å². The smallest absolute Gasteiger partial charge is 0.252 e. The van der Waals surface area contributed by atoms with Crippen molar-refractivity contribution in [3.05, 3.63) is 22.4 Å². The van der Waals surface area contributed by atoms with Crippen LogP contribution in [0.2, 0.25) is 0 Å². The van der Waals surface area contributed by atoms with Crippen molar-refractivity contribution >= 4 is 23.2 Å². The molecule has 5 nitrogen and oxygen atoms in total. The first kappa shape index (κ1) is 14.7. The van der Waals surface area contributed by atoms with Crippen molar-refractivity contribution in [1.29, 1.82) is 0 Å². The number of rotatable bonds is 7. The fourth-order valence-electron chi connectivity index (χ4n) is 1.42. The van der Waals surface area contributed by atoms with Crippen LogP contribution in [0.5, 0.6) is 0 Å². The van der Waals surface area contributed by atoms with Gasteiger partial charge < -0.3 is 15.4 Å². The van der Waals surface area contributed by atoms with Crippen molar-refractivity contribution in [3.63, 3.8) is 0 Å². The summed E-state index contributed by atoms with van der Waals surface area (Å²) < 4.78 is 4.91. The average Bonchev–Trinajstić information content (AvgIpc) is 2.82. The Morgan fingerprint density at radius 1 is 1.50 bits per heavy atom. The van der Waals surface area contributed by atoms with E-state index in [2.05, 4.69) is 10.6 Å². The van der Waals surface area contributed by atoms with Crippen molar-refractivity contribution in [3.8, 4) is 0 Å². The van der Waals surface area contributed by atoms with Gasteiger partial charge in [-0.2, -0.15) is 11.3 Å². The van der Waals surface area contributed by atoms with Gasteiger partial charge in [0.1, 0.15) is 0 Å². The Balaban J connectivity index is 2.17. The summed E-state index contributed by atoms with van der Waals surface area (Å²) in [5, 5.41) is 9.09. The summed E-state index contributed by atoms with van der Waals surface area (Å²) in [4.78, 5) is 23.0. The van der Waals surface area contributed by atoms with Crippen LogP contribution >= 0.6 is 11.3 Å². The van der Waals surface area contributed by atoms with Gasteiger partial charge >= 0.3 is 0 Å². The lowest BCUT2D eigenvalue weighted by Gasteiger charge is -2.12. The van der Waals surface area contributed by atoms with E-state index in [4.69, 9.17) is 4.74 Å². The Morgan fingerprint density at radius 3 is 2.89 bits per heavy atom. The lowest BCUT2D eigenvalue weighted by Crippen LogP contribution is -2.37. The van der Waals surface area contributed by atoms with Crippen LogP contribution in [0, 0.1) is 0 Å². The molecule has 0 bridgehead atoms. The Bertz CT molecular complexity index is 379. The molecule has 0 saturated carbocycles. The number of thiophene rings is 1. The zero-order chi connectivity index (χ0) is 13.4. The number of hydrogen-bond donors (Lipinski definition) is 2. The minimum Gasteiger partial charge on any atom is -0.383 e. The first-order valence-corrected chi connectivity index (χ1v) is 6.66. The molecule has 0 saturated heterocycles. The molecule has 0 aromatic carbocycles. The van der Waals surface area contributed by atoms with Gasteiger partial charge in [-0.3, -0.25) is 9.59 Å². The van der Waals surface area contributed by atoms with E-state index >= 15 is 0 Å². The van der Waals surface area contributed by atoms with Gasteiger partial charge in [-0.15, -0.1) is 0 Å². The normalized spacial score (nSPS) is 11.9. The summed E-state index contributed by atoms with van der Waals surface area (Å²) in [6, 6.07) is 1.73. The van der Waals surface area contributed by atoms with Crippen molar-refractivity contribution in [2.24, 2.45) is 0 Å². The van der Waals surface area contributed by atoms with Crippen LogP contribution in [-0.4, -0.2) is 38.1 Å². The van der Waals surface area contributed by atoms with Gasteiger partial charge in [0.05, 0.1) is 6.61 Å². The van der Waals surface area contributed by atoms with E-state index in [0.29, 0.717) is 18.7 Å². The summed E-state index contributed by atoms with van der Waals surface area (Å²) in [5.41, 5.74) is 0.633. The fraction of sp³-hybridized carbons (Fsp3) is 0.500. The molecule has 6 heteroatoms. The highest BCUT2D eigenvalue weighted by Gasteiger charge is 2.08. The first-order chi connectivity index (χ1) is 8.63. The molecule has 100 valence electrons. The summed E-state index contributed by atoms with van der Waals surface area (Å²) in [6.07, 6.45) is 0.268. The van der Waals surface area contributed by atoms with E-state index in [9.17, 15) is 9.59 Å². The van der Waals surface area contributed by atoms with E-state index in [1.807, 2.05) is 12.3 Å². The zero-order valence-electron chi connectivity index (χ0n) is 10.6. The van der Waals surface area contributed by atoms with Gasteiger partial charge in [-0.1, -0.05) is 0 Å². The van der Waals surface area contributed by atoms with Crippen LogP contribution in [0.3, 0.4) is 0 Å². The van der Waals surface area contributed by atoms with Crippen molar-refractivity contribution in [1.82, 2.24) is 10.6 Å². The van der Waals surface area contributed by atoms with Gasteiger partial charge in [-0.05, 0) is 18.4 Å². The number of amides is 2. The molecule has 0 aliphatic heterocycles. The van der Waals surface area contributed by atoms with E-state index in [-0.39, 0.29) is 24.3 Å². The zero-order valence-corrected chi connectivity index (χ0v) is 11.4. The molecule has 1 rings (SSSR count). The molecular formula is C12H18N2O3S. The van der Waals surface area contributed by atoms with Crippen LogP contribution in [-0.2, 0) is 9.53 Å². The minimum absolute atomic E-state index is 0.0184. The summed E-state index contributed by atoms with van der Waals surface area (Å²) in [7, 11) is 1.59. The number of nitrogens with one attached hydrogen (secondary N) is 2. The van der Waals surface area contributed by atoms with Gasteiger partial charge in [0.25, 0.3) is 5.91 Å². The molecule has 2 amide bonds. The predicted molar refractivity (Wildman–Crippen MR) is 70.7 cm³/mol. The number of methoxy groups -OCH3 is 1. The molecule has 0 radical (unpaired) electrons. The molecule has 1 atom stereocenters. The first-order valence-electron chi connectivity index (χ1n) is 5.72. The highest BCUT2D eigenvalue weighted by Crippen LogP contribution is 2.04. The monoisotopic (exact) mass is 270 g/mol. The van der Waals surface area contributed by atoms with E-state index < -0.39 is 0 Å². The van der Waals surface area contributed by atoms with E-state index in [1.165, 1.54) is 11.3 Å². The number of hydrogen-bond acceptors (Lipinski definition) is 4. The van der Waals surface area contributed by atoms with Crippen LogP contribution in [0.4, 0.5) is 0 Å². The van der Waals surface area contributed by atoms with E-state index in [0.717, 1.165) is 0 Å². The molecule has 0 spiro atoms. The summed E-state index contributed by atoms with van der Waals surface area (Å²) >= 11 is 1.47. The molecule has 1 aromatic heterocycles. The highest BCUT2D eigenvalue weighted by atomic mass is 32.1. The Hall–Kier alpha value is -1.40. The van der Waals surface area contributed by atoms with Crippen LogP contribution in [0.1, 0.15) is 23.7 Å². The lowest BCUT2D eigenvalue weighted by molar-refractivity contribution is -0.121. The molecule has 1 heterocycles. The third-order valence-electron chi connectivity index (χ3n) is 2.25. The molecule has 18 heavy (non-hydrogen) atoms. The Kier molecular flexibility index (Phi) is 6.38. The predicted octanol–water partition coefficient (Wildman–Crippen LogP) is 1.02. The van der Waals surface area contributed by atoms with Gasteiger partial charge in [0.15, 0.2) is 0 Å². The molecule has 0 fully saturated rings. The van der Waals surface area contributed by atoms with E-state index in [1.54, 1.807) is 18.6 Å². The Morgan fingerprint density at radius 2 is 2.28 bits per heavy atom. The van der Waals surface area contributed by atoms with Crippen LogP contribution in [0.15, 0.2) is 16.8 Å². The van der Waals surface area contributed by atoms with Crippen molar-refractivity contribution in [2.45, 2.75) is 19.4 Å². The third kappa shape index (κ3) is 5.29. The van der Waals surface area contributed by atoms with Crippen molar-refractivity contribution < 1.29 is 14.3 Å². The molecule has 0 aliphatic carbocycles. The fourth-order valence-corrected chi connectivity index (χ4v) is 2.06. The second kappa shape index (κ2) is 7.84. The Labute approximate surface area is 111 Å². The number of carbonyl (C=O) groups excluding carboxylic acids is 2. The van der Waals surface area contributed by atoms with Crippen LogP contribution in [0.25, 0.3) is 0 Å². The second-order valence-corrected chi connectivity index (χ2v) is 4.72. The maximum Gasteiger partial charge on any atom is 0.252 e. The van der Waals surface area contributed by atoms with Crippen LogP contribution < -0.4 is 10.6 Å². The second-order valence-electron chi connectivity index (χ2n) is 3.94. The number of ether oxygens (including phenoxy) is 1. The minimum atomic E-state index is -0.144. The SMILES string of the molecule is COCC(C)NC(=O)CCNC(=O)c1ccsc1. The topological polar surface area (TPSA) is 67.4 Å². The molecule has 1 unspecified atom stereocenters. The van der Waals surface area contributed by atoms with Gasteiger partial charge in [-0.25, -0.2) is 0 Å². The molecule has 2 N–H and O–H groups in total. The number of carbonyl (C=O) groups is 2. The lowest BCUT2D eigenvalue weighted by atomic mass is 10.3. The highest BCUT2D eigenvalue weighted by molar-refractivity contribution is 7.08. The average molecular weight is 270 g/mol. The van der Waals surface area contributed by atoms with Gasteiger partial charge in [0, 0.05) is 37.1 Å². The maximum absolute atomic E-state index is 11.6. The summed E-state index contributed by atoms with van der Waals surface area (Å²) in [6.45, 7) is 2.68. The third-order valence-corrected chi connectivity index (χ3v) is 2.93. The maximum atomic E-state index is 11.6. The van der Waals surface area contributed by atoms with Gasteiger partial charge in [0.2, 0.25) is 5.91 Å². The quantitative estimate of drug-likeness (QED) is 0.777. The largest absolute Gasteiger partial charge is 0.383 e. The standard InChI is InChI=1S/C12H18N2O3S/c1-9(7-17-2)14-11(15)3-5-13-12(16)10-4-6-18-8-10/h4,6,8-9H,3,5,7H2,1-2H3,(H,13,16)(H,14,15). The summed E-state index contributed by atoms with van der Waals surface area (Å²) in [5.74, 6) is -0.237.